The third-order valence-electron chi connectivity index (χ3n) is 7.93. The Kier molecular flexibility index (Phi) is 10.6. The Bertz CT molecular complexity index is 1150. The van der Waals surface area contributed by atoms with Crippen LogP contribution in [0.25, 0.3) is 5.69 Å². The summed E-state index contributed by atoms with van der Waals surface area (Å²) in [5.74, 6) is -0.512. The molecule has 228 valence electrons. The van der Waals surface area contributed by atoms with E-state index in [-0.39, 0.29) is 30.0 Å². The smallest absolute Gasteiger partial charge is 0.407 e. The minimum Gasteiger partial charge on any atom is -0.465 e. The Balaban J connectivity index is 2.06. The standard InChI is InChI=1S/C31H49N5O5/c1-21(2)19-34(23-18-24(31(6,7)40)27(30(3,4)5)35(20-23)29(38)39)28(37)26-25(16-12-13-17-41-8)36(33-32-26)22-14-10-9-11-15-22/h9-11,14-15,21,23-24,27,40H,12-13,16-20H2,1-8H3,(H,38,39)/t23-,24+,27?/m0/s1. The summed E-state index contributed by atoms with van der Waals surface area (Å²) in [6, 6.07) is 8.78. The van der Waals surface area contributed by atoms with E-state index >= 15 is 0 Å². The van der Waals surface area contributed by atoms with Gasteiger partial charge in [-0.2, -0.15) is 0 Å². The van der Waals surface area contributed by atoms with Gasteiger partial charge in [0, 0.05) is 38.8 Å². The number of nitrogens with zero attached hydrogens (tertiary/aromatic N) is 5. The number of unbranched alkanes of at least 4 members (excludes halogenated alkanes) is 1. The molecule has 2 heterocycles. The lowest BCUT2D eigenvalue weighted by Crippen LogP contribution is -2.65. The van der Waals surface area contributed by atoms with Gasteiger partial charge in [-0.15, -0.1) is 5.10 Å². The Labute approximate surface area is 244 Å². The van der Waals surface area contributed by atoms with Crippen LogP contribution in [-0.2, 0) is 11.2 Å². The lowest BCUT2D eigenvalue weighted by molar-refractivity contribution is -0.0931. The van der Waals surface area contributed by atoms with Crippen molar-refractivity contribution in [3.63, 3.8) is 0 Å². The van der Waals surface area contributed by atoms with E-state index in [9.17, 15) is 19.8 Å². The van der Waals surface area contributed by atoms with Crippen molar-refractivity contribution in [1.82, 2.24) is 24.8 Å². The van der Waals surface area contributed by atoms with E-state index in [1.165, 1.54) is 4.90 Å². The fraction of sp³-hybridized carbons (Fsp3) is 0.677. The quantitative estimate of drug-likeness (QED) is 0.369. The van der Waals surface area contributed by atoms with E-state index in [2.05, 4.69) is 10.3 Å². The first-order chi connectivity index (χ1) is 19.2. The van der Waals surface area contributed by atoms with Crippen LogP contribution in [0.4, 0.5) is 4.79 Å². The van der Waals surface area contributed by atoms with Crippen LogP contribution in [0.1, 0.15) is 83.9 Å². The van der Waals surface area contributed by atoms with Crippen LogP contribution in [0.5, 0.6) is 0 Å². The molecule has 3 rings (SSSR count). The number of aliphatic hydroxyl groups is 1. The maximum atomic E-state index is 14.4. The molecule has 1 fully saturated rings. The number of piperidine rings is 1. The van der Waals surface area contributed by atoms with Crippen molar-refractivity contribution in [3.8, 4) is 5.69 Å². The van der Waals surface area contributed by atoms with E-state index in [0.29, 0.717) is 26.0 Å². The highest BCUT2D eigenvalue weighted by molar-refractivity contribution is 5.93. The monoisotopic (exact) mass is 571 g/mol. The van der Waals surface area contributed by atoms with Gasteiger partial charge < -0.3 is 24.7 Å². The Hall–Kier alpha value is -2.98. The highest BCUT2D eigenvalue weighted by Crippen LogP contribution is 2.42. The molecule has 2 amide bonds. The second-order valence-electron chi connectivity index (χ2n) is 13.3. The molecule has 1 unspecified atom stereocenters. The molecule has 0 saturated carbocycles. The van der Waals surface area contributed by atoms with Crippen LogP contribution in [0.3, 0.4) is 0 Å². The molecule has 0 radical (unpaired) electrons. The first-order valence-electron chi connectivity index (χ1n) is 14.7. The summed E-state index contributed by atoms with van der Waals surface area (Å²) < 4.78 is 6.96. The molecule has 1 aliphatic heterocycles. The molecule has 1 aromatic carbocycles. The normalized spacial score (nSPS) is 20.0. The molecular formula is C31H49N5O5. The number of aromatic nitrogens is 3. The number of likely N-dealkylation sites (tertiary alicyclic amines) is 1. The number of hydrogen-bond acceptors (Lipinski definition) is 6. The summed E-state index contributed by atoms with van der Waals surface area (Å²) in [4.78, 5) is 30.2. The predicted octanol–water partition coefficient (Wildman–Crippen LogP) is 4.89. The number of carbonyl (C=O) groups excluding carboxylic acids is 1. The molecular weight excluding hydrogens is 522 g/mol. The Morgan fingerprint density at radius 1 is 1.12 bits per heavy atom. The first-order valence-corrected chi connectivity index (χ1v) is 14.7. The second-order valence-corrected chi connectivity index (χ2v) is 13.3. The average molecular weight is 572 g/mol. The van der Waals surface area contributed by atoms with E-state index in [1.807, 2.05) is 65.0 Å². The van der Waals surface area contributed by atoms with Crippen LogP contribution >= 0.6 is 0 Å². The number of para-hydroxylation sites is 1. The SMILES string of the molecule is COCCCCc1c(C(=O)N(CC(C)C)[C@H]2C[C@@H](C(C)(C)O)C(C(C)(C)C)N(C(=O)O)C2)nnn1-c1ccccc1. The number of carbonyl (C=O) groups is 2. The highest BCUT2D eigenvalue weighted by Gasteiger charge is 2.51. The van der Waals surface area contributed by atoms with Crippen molar-refractivity contribution < 1.29 is 24.5 Å². The summed E-state index contributed by atoms with van der Waals surface area (Å²) in [5, 5.41) is 30.4. The average Bonchev–Trinajstić information content (AvgIpc) is 3.31. The zero-order valence-electron chi connectivity index (χ0n) is 26.0. The first kappa shape index (κ1) is 32.5. The van der Waals surface area contributed by atoms with Crippen molar-refractivity contribution in [1.29, 1.82) is 0 Å². The fourth-order valence-electron chi connectivity index (χ4n) is 6.16. The molecule has 1 saturated heterocycles. The number of rotatable bonds is 11. The lowest BCUT2D eigenvalue weighted by atomic mass is 9.67. The zero-order valence-corrected chi connectivity index (χ0v) is 26.0. The molecule has 0 aliphatic carbocycles. The number of amides is 2. The van der Waals surface area contributed by atoms with Crippen LogP contribution in [0.15, 0.2) is 30.3 Å². The van der Waals surface area contributed by atoms with Crippen molar-refractivity contribution in [2.24, 2.45) is 17.3 Å². The van der Waals surface area contributed by atoms with Crippen molar-refractivity contribution >= 4 is 12.0 Å². The Morgan fingerprint density at radius 2 is 1.78 bits per heavy atom. The molecule has 3 atom stereocenters. The van der Waals surface area contributed by atoms with Gasteiger partial charge in [0.05, 0.1) is 23.0 Å². The van der Waals surface area contributed by atoms with Gasteiger partial charge in [0.15, 0.2) is 5.69 Å². The number of benzene rings is 1. The van der Waals surface area contributed by atoms with E-state index in [1.54, 1.807) is 30.5 Å². The van der Waals surface area contributed by atoms with E-state index in [0.717, 1.165) is 24.2 Å². The second kappa shape index (κ2) is 13.3. The van der Waals surface area contributed by atoms with Crippen LogP contribution in [0, 0.1) is 17.3 Å². The van der Waals surface area contributed by atoms with E-state index < -0.39 is 29.2 Å². The van der Waals surface area contributed by atoms with Gasteiger partial charge in [-0.05, 0) is 63.0 Å². The minimum absolute atomic E-state index is 0.132. The maximum Gasteiger partial charge on any atom is 0.407 e. The predicted molar refractivity (Wildman–Crippen MR) is 158 cm³/mol. The van der Waals surface area contributed by atoms with Gasteiger partial charge in [-0.25, -0.2) is 9.48 Å². The molecule has 0 spiro atoms. The van der Waals surface area contributed by atoms with Crippen molar-refractivity contribution in [3.05, 3.63) is 41.7 Å². The van der Waals surface area contributed by atoms with Gasteiger partial charge >= 0.3 is 6.09 Å². The largest absolute Gasteiger partial charge is 0.465 e. The number of carboxylic acid groups (broad SMARTS) is 1. The Morgan fingerprint density at radius 3 is 2.32 bits per heavy atom. The molecule has 41 heavy (non-hydrogen) atoms. The molecule has 2 N–H and O–H groups in total. The zero-order chi connectivity index (χ0) is 30.5. The van der Waals surface area contributed by atoms with Gasteiger partial charge in [-0.3, -0.25) is 4.79 Å². The lowest BCUT2D eigenvalue weighted by Gasteiger charge is -2.54. The topological polar surface area (TPSA) is 121 Å². The molecule has 2 aromatic rings. The minimum atomic E-state index is -1.15. The number of ether oxygens (including phenoxy) is 1. The van der Waals surface area contributed by atoms with Crippen molar-refractivity contribution in [2.45, 2.75) is 91.8 Å². The van der Waals surface area contributed by atoms with Gasteiger partial charge in [0.1, 0.15) is 0 Å². The van der Waals surface area contributed by atoms with Crippen LogP contribution < -0.4 is 0 Å². The summed E-state index contributed by atoms with van der Waals surface area (Å²) >= 11 is 0. The summed E-state index contributed by atoms with van der Waals surface area (Å²) in [6.45, 7) is 14.8. The van der Waals surface area contributed by atoms with Gasteiger partial charge in [0.25, 0.3) is 5.91 Å². The molecule has 1 aliphatic rings. The van der Waals surface area contributed by atoms with Crippen molar-refractivity contribution in [2.75, 3.05) is 26.8 Å². The molecule has 0 bridgehead atoms. The summed E-state index contributed by atoms with van der Waals surface area (Å²) in [5.41, 5.74) is 0.269. The van der Waals surface area contributed by atoms with Gasteiger partial charge in [0.2, 0.25) is 0 Å². The third-order valence-corrected chi connectivity index (χ3v) is 7.93. The highest BCUT2D eigenvalue weighted by atomic mass is 16.5. The number of hydrogen-bond donors (Lipinski definition) is 2. The summed E-state index contributed by atoms with van der Waals surface area (Å²) in [7, 11) is 1.67. The van der Waals surface area contributed by atoms with E-state index in [4.69, 9.17) is 4.74 Å². The third kappa shape index (κ3) is 7.86. The number of methoxy groups -OCH3 is 1. The molecule has 1 aromatic heterocycles. The van der Waals surface area contributed by atoms with Gasteiger partial charge in [-0.1, -0.05) is 58.0 Å². The fourth-order valence-corrected chi connectivity index (χ4v) is 6.16. The van der Waals surface area contributed by atoms with Crippen LogP contribution in [0.2, 0.25) is 0 Å². The maximum absolute atomic E-state index is 14.4. The molecule has 10 heteroatoms. The van der Waals surface area contributed by atoms with Crippen LogP contribution in [-0.4, -0.2) is 91.5 Å². The molecule has 10 nitrogen and oxygen atoms in total. The summed E-state index contributed by atoms with van der Waals surface area (Å²) in [6.07, 6.45) is 1.64.